The maximum atomic E-state index is 10.7. The van der Waals surface area contributed by atoms with Crippen LogP contribution in [-0.2, 0) is 11.2 Å². The zero-order valence-electron chi connectivity index (χ0n) is 14.9. The molecule has 1 aliphatic rings. The van der Waals surface area contributed by atoms with E-state index < -0.39 is 5.97 Å². The topological polar surface area (TPSA) is 46.5 Å². The number of carboxylic acid groups (broad SMARTS) is 1. The summed E-state index contributed by atoms with van der Waals surface area (Å²) >= 11 is 6.27. The molecule has 0 saturated carbocycles. The fourth-order valence-electron chi connectivity index (χ4n) is 3.38. The van der Waals surface area contributed by atoms with Crippen LogP contribution in [0.25, 0.3) is 5.57 Å². The van der Waals surface area contributed by atoms with Gasteiger partial charge in [-0.3, -0.25) is 4.79 Å². The van der Waals surface area contributed by atoms with E-state index in [-0.39, 0.29) is 6.42 Å². The van der Waals surface area contributed by atoms with Gasteiger partial charge >= 0.3 is 5.97 Å². The Labute approximate surface area is 159 Å². The molecule has 136 valence electrons. The van der Waals surface area contributed by atoms with Gasteiger partial charge in [0.15, 0.2) is 0 Å². The lowest BCUT2D eigenvalue weighted by atomic mass is 10.0. The molecule has 1 aliphatic carbocycles. The zero-order valence-corrected chi connectivity index (χ0v) is 15.7. The molecule has 4 heteroatoms. The number of halogens is 1. The van der Waals surface area contributed by atoms with Crippen molar-refractivity contribution in [2.24, 2.45) is 0 Å². The first kappa shape index (κ1) is 18.5. The molecule has 0 aliphatic heterocycles. The summed E-state index contributed by atoms with van der Waals surface area (Å²) < 4.78 is 5.97. The van der Waals surface area contributed by atoms with Gasteiger partial charge in [0, 0.05) is 11.4 Å². The molecule has 0 fully saturated rings. The van der Waals surface area contributed by atoms with Crippen LogP contribution in [0.5, 0.6) is 5.75 Å². The molecular weight excluding hydrogens is 348 g/mol. The molecule has 0 unspecified atom stereocenters. The Morgan fingerprint density at radius 1 is 1.19 bits per heavy atom. The van der Waals surface area contributed by atoms with Gasteiger partial charge in [0.25, 0.3) is 0 Å². The minimum absolute atomic E-state index is 0.0761. The van der Waals surface area contributed by atoms with Gasteiger partial charge in [0.2, 0.25) is 0 Å². The van der Waals surface area contributed by atoms with E-state index in [1.54, 1.807) is 6.07 Å². The van der Waals surface area contributed by atoms with Crippen molar-refractivity contribution in [2.45, 2.75) is 39.0 Å². The van der Waals surface area contributed by atoms with E-state index in [1.165, 1.54) is 22.3 Å². The van der Waals surface area contributed by atoms with Gasteiger partial charge in [-0.05, 0) is 67.0 Å². The Morgan fingerprint density at radius 3 is 2.77 bits per heavy atom. The van der Waals surface area contributed by atoms with Crippen molar-refractivity contribution in [1.29, 1.82) is 0 Å². The normalized spacial score (nSPS) is 13.9. The number of aryl methyl sites for hydroxylation is 2. The number of hydrogen-bond donors (Lipinski definition) is 1. The van der Waals surface area contributed by atoms with Crippen LogP contribution in [0.4, 0.5) is 0 Å². The molecule has 0 saturated heterocycles. The highest BCUT2D eigenvalue weighted by atomic mass is 35.5. The number of hydrogen-bond acceptors (Lipinski definition) is 2. The SMILES string of the molecule is Cc1cccc(C2=C(COc3ccc(CCC(=O)O)c(Cl)c3)CCC2)c1. The summed E-state index contributed by atoms with van der Waals surface area (Å²) in [6, 6.07) is 14.1. The Kier molecular flexibility index (Phi) is 6.00. The van der Waals surface area contributed by atoms with Crippen LogP contribution < -0.4 is 4.74 Å². The van der Waals surface area contributed by atoms with Crippen molar-refractivity contribution in [2.75, 3.05) is 6.61 Å². The van der Waals surface area contributed by atoms with Crippen LogP contribution in [0.1, 0.15) is 42.4 Å². The number of rotatable bonds is 7. The lowest BCUT2D eigenvalue weighted by molar-refractivity contribution is -0.136. The third kappa shape index (κ3) is 4.67. The number of ether oxygens (including phenoxy) is 1. The van der Waals surface area contributed by atoms with Gasteiger partial charge in [-0.2, -0.15) is 0 Å². The quantitative estimate of drug-likeness (QED) is 0.681. The third-order valence-electron chi connectivity index (χ3n) is 4.74. The fraction of sp³-hybridized carbons (Fsp3) is 0.318. The molecule has 2 aromatic rings. The standard InChI is InChI=1S/C22H23ClO3/c1-15-4-2-5-17(12-15)20-7-3-6-18(20)14-26-19-10-8-16(21(23)13-19)9-11-22(24)25/h2,4-5,8,10,12-13H,3,6-7,9,11,14H2,1H3,(H,24,25). The summed E-state index contributed by atoms with van der Waals surface area (Å²) in [6.45, 7) is 2.68. The molecular formula is C22H23ClO3. The molecule has 0 amide bonds. The number of allylic oxidation sites excluding steroid dienone is 1. The first-order chi connectivity index (χ1) is 12.5. The maximum absolute atomic E-state index is 10.7. The summed E-state index contributed by atoms with van der Waals surface area (Å²) in [5, 5.41) is 9.35. The lowest BCUT2D eigenvalue weighted by Gasteiger charge is -2.12. The highest BCUT2D eigenvalue weighted by Gasteiger charge is 2.17. The summed E-state index contributed by atoms with van der Waals surface area (Å²) in [4.78, 5) is 10.7. The van der Waals surface area contributed by atoms with E-state index in [9.17, 15) is 4.79 Å². The monoisotopic (exact) mass is 370 g/mol. The second-order valence-electron chi connectivity index (χ2n) is 6.74. The largest absolute Gasteiger partial charge is 0.489 e. The smallest absolute Gasteiger partial charge is 0.303 e. The average Bonchev–Trinajstić information content (AvgIpc) is 3.07. The van der Waals surface area contributed by atoms with Crippen molar-refractivity contribution in [3.05, 3.63) is 69.8 Å². The second-order valence-corrected chi connectivity index (χ2v) is 7.15. The molecule has 2 aromatic carbocycles. The van der Waals surface area contributed by atoms with E-state index >= 15 is 0 Å². The summed E-state index contributed by atoms with van der Waals surface area (Å²) in [5.74, 6) is -0.102. The molecule has 1 N–H and O–H groups in total. The van der Waals surface area contributed by atoms with Crippen molar-refractivity contribution < 1.29 is 14.6 Å². The molecule has 0 heterocycles. The van der Waals surface area contributed by atoms with Crippen molar-refractivity contribution in [1.82, 2.24) is 0 Å². The van der Waals surface area contributed by atoms with E-state index in [2.05, 4.69) is 31.2 Å². The molecule has 0 aromatic heterocycles. The highest BCUT2D eigenvalue weighted by Crippen LogP contribution is 2.34. The molecule has 3 nitrogen and oxygen atoms in total. The number of benzene rings is 2. The fourth-order valence-corrected chi connectivity index (χ4v) is 3.64. The molecule has 0 radical (unpaired) electrons. The van der Waals surface area contributed by atoms with E-state index in [0.29, 0.717) is 18.1 Å². The van der Waals surface area contributed by atoms with Crippen LogP contribution in [0, 0.1) is 6.92 Å². The van der Waals surface area contributed by atoms with Gasteiger partial charge in [0.05, 0.1) is 0 Å². The average molecular weight is 371 g/mol. The summed E-state index contributed by atoms with van der Waals surface area (Å²) in [6.07, 6.45) is 3.82. The minimum atomic E-state index is -0.821. The number of aliphatic carboxylic acids is 1. The van der Waals surface area contributed by atoms with Gasteiger partial charge in [-0.1, -0.05) is 47.5 Å². The predicted octanol–water partition coefficient (Wildman–Crippen LogP) is 5.68. The Bertz CT molecular complexity index is 839. The molecule has 0 bridgehead atoms. The second kappa shape index (κ2) is 8.41. The molecule has 26 heavy (non-hydrogen) atoms. The van der Waals surface area contributed by atoms with Gasteiger partial charge in [-0.25, -0.2) is 0 Å². The van der Waals surface area contributed by atoms with Gasteiger partial charge in [-0.15, -0.1) is 0 Å². The van der Waals surface area contributed by atoms with E-state index in [0.717, 1.165) is 30.6 Å². The van der Waals surface area contributed by atoms with Crippen LogP contribution in [-0.4, -0.2) is 17.7 Å². The van der Waals surface area contributed by atoms with Gasteiger partial charge < -0.3 is 9.84 Å². The highest BCUT2D eigenvalue weighted by molar-refractivity contribution is 6.31. The zero-order chi connectivity index (χ0) is 18.5. The summed E-state index contributed by atoms with van der Waals surface area (Å²) in [7, 11) is 0. The van der Waals surface area contributed by atoms with Crippen LogP contribution in [0.15, 0.2) is 48.0 Å². The van der Waals surface area contributed by atoms with Crippen LogP contribution in [0.2, 0.25) is 5.02 Å². The number of carboxylic acids is 1. The molecule has 0 spiro atoms. The first-order valence-corrected chi connectivity index (χ1v) is 9.31. The van der Waals surface area contributed by atoms with E-state index in [1.807, 2.05) is 12.1 Å². The first-order valence-electron chi connectivity index (χ1n) is 8.94. The van der Waals surface area contributed by atoms with Gasteiger partial charge in [0.1, 0.15) is 12.4 Å². The molecule has 3 rings (SSSR count). The number of carbonyl (C=O) groups is 1. The van der Waals surface area contributed by atoms with Crippen molar-refractivity contribution in [3.8, 4) is 5.75 Å². The Balaban J connectivity index is 1.69. The Morgan fingerprint density at radius 2 is 2.04 bits per heavy atom. The third-order valence-corrected chi connectivity index (χ3v) is 5.10. The lowest BCUT2D eigenvalue weighted by Crippen LogP contribution is -2.02. The Hall–Kier alpha value is -2.26. The summed E-state index contributed by atoms with van der Waals surface area (Å²) in [5.41, 5.74) is 6.15. The van der Waals surface area contributed by atoms with Crippen LogP contribution in [0.3, 0.4) is 0 Å². The van der Waals surface area contributed by atoms with E-state index in [4.69, 9.17) is 21.4 Å². The molecule has 0 atom stereocenters. The minimum Gasteiger partial charge on any atom is -0.489 e. The van der Waals surface area contributed by atoms with Crippen LogP contribution >= 0.6 is 11.6 Å². The maximum Gasteiger partial charge on any atom is 0.303 e. The van der Waals surface area contributed by atoms with Crippen molar-refractivity contribution >= 4 is 23.1 Å². The predicted molar refractivity (Wildman–Crippen MR) is 105 cm³/mol. The van der Waals surface area contributed by atoms with Crippen molar-refractivity contribution in [3.63, 3.8) is 0 Å².